The predicted octanol–water partition coefficient (Wildman–Crippen LogP) is 1.81. The van der Waals surface area contributed by atoms with E-state index in [1.165, 1.54) is 22.8 Å². The van der Waals surface area contributed by atoms with E-state index in [1.54, 1.807) is 31.4 Å². The minimum Gasteiger partial charge on any atom is -0.408 e. The Labute approximate surface area is 135 Å². The molecule has 0 atom stereocenters. The number of fused-ring (bicyclic) bond motifs is 2. The Morgan fingerprint density at radius 2 is 2.04 bits per heavy atom. The van der Waals surface area contributed by atoms with E-state index >= 15 is 0 Å². The minimum atomic E-state index is -3.82. The van der Waals surface area contributed by atoms with Crippen LogP contribution in [0.4, 0.5) is 5.69 Å². The first-order chi connectivity index (χ1) is 11.4. The number of hydrogen-bond acceptors (Lipinski definition) is 5. The second-order valence-electron chi connectivity index (χ2n) is 5.33. The van der Waals surface area contributed by atoms with Gasteiger partial charge in [-0.25, -0.2) is 13.2 Å². The van der Waals surface area contributed by atoms with Crippen LogP contribution in [0.5, 0.6) is 0 Å². The molecule has 2 aromatic heterocycles. The number of aromatic amines is 1. The Balaban J connectivity index is 1.75. The minimum absolute atomic E-state index is 0.00839. The van der Waals surface area contributed by atoms with Gasteiger partial charge in [0, 0.05) is 18.5 Å². The molecule has 0 bridgehead atoms. The maximum Gasteiger partial charge on any atom is 0.419 e. The van der Waals surface area contributed by atoms with Crippen molar-refractivity contribution in [3.63, 3.8) is 0 Å². The smallest absolute Gasteiger partial charge is 0.408 e. The Bertz CT molecular complexity index is 1230. The maximum atomic E-state index is 12.5. The van der Waals surface area contributed by atoms with Crippen LogP contribution in [0.2, 0.25) is 0 Å². The standard InChI is InChI=1S/C15H12N4O4S/c1-19-13-5-4-11(7-14(13)23-15(19)20)24(21,22)18-10-3-2-9-8-16-17-12(9)6-10/h2-8,18H,1H3,(H,16,17). The summed E-state index contributed by atoms with van der Waals surface area (Å²) >= 11 is 0. The third-order valence-corrected chi connectivity index (χ3v) is 5.15. The molecular weight excluding hydrogens is 332 g/mol. The van der Waals surface area contributed by atoms with Gasteiger partial charge in [0.1, 0.15) is 0 Å². The van der Waals surface area contributed by atoms with Gasteiger partial charge in [-0.05, 0) is 30.3 Å². The first kappa shape index (κ1) is 14.5. The van der Waals surface area contributed by atoms with Gasteiger partial charge in [-0.1, -0.05) is 0 Å². The number of nitrogens with zero attached hydrogens (tertiary/aromatic N) is 2. The highest BCUT2D eigenvalue weighted by Crippen LogP contribution is 2.22. The van der Waals surface area contributed by atoms with E-state index in [9.17, 15) is 13.2 Å². The molecule has 2 aromatic carbocycles. The third kappa shape index (κ3) is 2.26. The van der Waals surface area contributed by atoms with Crippen LogP contribution < -0.4 is 10.5 Å². The zero-order chi connectivity index (χ0) is 16.9. The van der Waals surface area contributed by atoms with Crippen molar-refractivity contribution in [3.05, 3.63) is 53.1 Å². The lowest BCUT2D eigenvalue weighted by molar-refractivity contribution is 0.527. The van der Waals surface area contributed by atoms with Crippen molar-refractivity contribution in [1.82, 2.24) is 14.8 Å². The van der Waals surface area contributed by atoms with Crippen molar-refractivity contribution in [2.24, 2.45) is 7.05 Å². The summed E-state index contributed by atoms with van der Waals surface area (Å²) in [4.78, 5) is 11.5. The summed E-state index contributed by atoms with van der Waals surface area (Å²) in [5.74, 6) is -0.544. The largest absolute Gasteiger partial charge is 0.419 e. The van der Waals surface area contributed by atoms with Gasteiger partial charge < -0.3 is 4.42 Å². The van der Waals surface area contributed by atoms with E-state index in [0.717, 1.165) is 10.9 Å². The first-order valence-electron chi connectivity index (χ1n) is 6.99. The van der Waals surface area contributed by atoms with E-state index in [2.05, 4.69) is 14.9 Å². The molecule has 24 heavy (non-hydrogen) atoms. The number of H-pyrrole nitrogens is 1. The van der Waals surface area contributed by atoms with Crippen molar-refractivity contribution in [2.45, 2.75) is 4.90 Å². The number of hydrogen-bond donors (Lipinski definition) is 2. The molecular formula is C15H12N4O4S. The zero-order valence-electron chi connectivity index (χ0n) is 12.5. The molecule has 9 heteroatoms. The topological polar surface area (TPSA) is 110 Å². The molecule has 8 nitrogen and oxygen atoms in total. The number of anilines is 1. The number of benzene rings is 2. The molecule has 2 N–H and O–H groups in total. The number of aryl methyl sites for hydroxylation is 1. The van der Waals surface area contributed by atoms with Crippen molar-refractivity contribution < 1.29 is 12.8 Å². The molecule has 0 aliphatic heterocycles. The number of rotatable bonds is 3. The fraction of sp³-hybridized carbons (Fsp3) is 0.0667. The maximum absolute atomic E-state index is 12.5. The molecule has 0 unspecified atom stereocenters. The zero-order valence-corrected chi connectivity index (χ0v) is 13.3. The lowest BCUT2D eigenvalue weighted by atomic mass is 10.2. The fourth-order valence-corrected chi connectivity index (χ4v) is 3.56. The molecule has 2 heterocycles. The van der Waals surface area contributed by atoms with Crippen molar-refractivity contribution in [1.29, 1.82) is 0 Å². The fourth-order valence-electron chi connectivity index (χ4n) is 2.50. The van der Waals surface area contributed by atoms with Gasteiger partial charge in [-0.3, -0.25) is 14.4 Å². The highest BCUT2D eigenvalue weighted by Gasteiger charge is 2.17. The van der Waals surface area contributed by atoms with Gasteiger partial charge >= 0.3 is 5.76 Å². The molecule has 0 spiro atoms. The van der Waals surface area contributed by atoms with Crippen molar-refractivity contribution in [2.75, 3.05) is 4.72 Å². The second-order valence-corrected chi connectivity index (χ2v) is 7.02. The van der Waals surface area contributed by atoms with Crippen molar-refractivity contribution >= 4 is 37.7 Å². The van der Waals surface area contributed by atoms with Crippen LogP contribution in [-0.4, -0.2) is 23.2 Å². The Hall–Kier alpha value is -3.07. The summed E-state index contributed by atoms with van der Waals surface area (Å²) in [7, 11) is -2.26. The second kappa shape index (κ2) is 4.96. The van der Waals surface area contributed by atoms with E-state index in [0.29, 0.717) is 11.2 Å². The van der Waals surface area contributed by atoms with Crippen LogP contribution in [0.15, 0.2) is 56.7 Å². The summed E-state index contributed by atoms with van der Waals surface area (Å²) in [5, 5.41) is 7.56. The van der Waals surface area contributed by atoms with Crippen molar-refractivity contribution in [3.8, 4) is 0 Å². The molecule has 0 aliphatic carbocycles. The highest BCUT2D eigenvalue weighted by molar-refractivity contribution is 7.92. The summed E-state index contributed by atoms with van der Waals surface area (Å²) < 4.78 is 33.9. The predicted molar refractivity (Wildman–Crippen MR) is 88.4 cm³/mol. The van der Waals surface area contributed by atoms with E-state index in [4.69, 9.17) is 4.42 Å². The average molecular weight is 344 g/mol. The van der Waals surface area contributed by atoms with Crippen LogP contribution in [-0.2, 0) is 17.1 Å². The van der Waals surface area contributed by atoms with Gasteiger partial charge in [0.15, 0.2) is 5.58 Å². The Morgan fingerprint density at radius 1 is 1.21 bits per heavy atom. The lowest BCUT2D eigenvalue weighted by Gasteiger charge is -2.08. The molecule has 0 aliphatic rings. The normalized spacial score (nSPS) is 12.0. The van der Waals surface area contributed by atoms with Crippen LogP contribution in [0.1, 0.15) is 0 Å². The molecule has 122 valence electrons. The summed E-state index contributed by atoms with van der Waals surface area (Å²) in [6.07, 6.45) is 1.65. The van der Waals surface area contributed by atoms with Gasteiger partial charge in [0.2, 0.25) is 0 Å². The number of sulfonamides is 1. The quantitative estimate of drug-likeness (QED) is 0.589. The van der Waals surface area contributed by atoms with Gasteiger partial charge in [-0.2, -0.15) is 5.10 Å². The van der Waals surface area contributed by atoms with Crippen LogP contribution in [0.25, 0.3) is 22.0 Å². The molecule has 0 amide bonds. The molecule has 4 rings (SSSR count). The summed E-state index contributed by atoms with van der Waals surface area (Å²) in [6, 6.07) is 9.35. The lowest BCUT2D eigenvalue weighted by Crippen LogP contribution is -2.12. The number of aromatic nitrogens is 3. The van der Waals surface area contributed by atoms with Crippen LogP contribution >= 0.6 is 0 Å². The van der Waals surface area contributed by atoms with Gasteiger partial charge in [-0.15, -0.1) is 0 Å². The van der Waals surface area contributed by atoms with Gasteiger partial charge in [0.05, 0.1) is 27.8 Å². The molecule has 0 radical (unpaired) electrons. The van der Waals surface area contributed by atoms with E-state index < -0.39 is 15.8 Å². The average Bonchev–Trinajstić information content (AvgIpc) is 3.11. The number of nitrogens with one attached hydrogen (secondary N) is 2. The molecule has 4 aromatic rings. The Kier molecular flexibility index (Phi) is 3.00. The van der Waals surface area contributed by atoms with E-state index in [-0.39, 0.29) is 10.5 Å². The van der Waals surface area contributed by atoms with Crippen LogP contribution in [0.3, 0.4) is 0 Å². The molecule has 0 saturated carbocycles. The molecule has 0 saturated heterocycles. The van der Waals surface area contributed by atoms with Crippen LogP contribution in [0, 0.1) is 0 Å². The summed E-state index contributed by atoms with van der Waals surface area (Å²) in [5.41, 5.74) is 1.87. The first-order valence-corrected chi connectivity index (χ1v) is 8.48. The summed E-state index contributed by atoms with van der Waals surface area (Å²) in [6.45, 7) is 0. The third-order valence-electron chi connectivity index (χ3n) is 3.77. The number of oxazole rings is 1. The SMILES string of the molecule is Cn1c(=O)oc2cc(S(=O)(=O)Nc3ccc4cn[nH]c4c3)ccc21. The van der Waals surface area contributed by atoms with E-state index in [1.807, 2.05) is 0 Å². The van der Waals surface area contributed by atoms with Gasteiger partial charge in [0.25, 0.3) is 10.0 Å². The molecule has 0 fully saturated rings. The Morgan fingerprint density at radius 3 is 2.88 bits per heavy atom. The highest BCUT2D eigenvalue weighted by atomic mass is 32.2. The monoisotopic (exact) mass is 344 g/mol.